The highest BCUT2D eigenvalue weighted by molar-refractivity contribution is 7.26. The largest absolute Gasteiger partial charge is 0.308 e. The Bertz CT molecular complexity index is 1700. The number of halogens is 1. The summed E-state index contributed by atoms with van der Waals surface area (Å²) < 4.78 is 4.98. The molecule has 0 aliphatic rings. The molecule has 0 aliphatic heterocycles. The van der Waals surface area contributed by atoms with Crippen LogP contribution in [0.5, 0.6) is 0 Å². The predicted molar refractivity (Wildman–Crippen MR) is 156 cm³/mol. The molecule has 0 N–H and O–H groups in total. The van der Waals surface area contributed by atoms with Crippen molar-refractivity contribution in [2.24, 2.45) is 0 Å². The highest BCUT2D eigenvalue weighted by atomic mass is 35.5. The molecule has 6 rings (SSSR count). The van der Waals surface area contributed by atoms with Gasteiger partial charge in [0.25, 0.3) is 0 Å². The van der Waals surface area contributed by atoms with Gasteiger partial charge in [0.15, 0.2) is 0 Å². The molecule has 0 aliphatic carbocycles. The normalized spacial score (nSPS) is 13.0. The molecule has 2 aromatic heterocycles. The van der Waals surface area contributed by atoms with Crippen LogP contribution in [0, 0.1) is 0 Å². The van der Waals surface area contributed by atoms with Gasteiger partial charge in [-0.15, -0.1) is 11.3 Å². The number of fused-ring (bicyclic) bond motifs is 6. The number of aromatic nitrogens is 1. The third-order valence-electron chi connectivity index (χ3n) is 7.16. The molecule has 2 heterocycles. The number of thiophene rings is 1. The van der Waals surface area contributed by atoms with E-state index in [-0.39, 0.29) is 10.8 Å². The maximum Gasteiger partial charge on any atom is 0.0655 e. The second-order valence-electron chi connectivity index (χ2n) is 11.7. The zero-order valence-electron chi connectivity index (χ0n) is 21.2. The fraction of sp³-hybridized carbons (Fsp3) is 0.250. The van der Waals surface area contributed by atoms with E-state index in [2.05, 4.69) is 119 Å². The van der Waals surface area contributed by atoms with Gasteiger partial charge in [-0.2, -0.15) is 0 Å². The SMILES string of the molecule is CC(C)(C)c1ccc2c(c1)c1cc(C(C)(C)C)ccc1n2-c1cc(Cl)cc2c1sc1ccccc12. The van der Waals surface area contributed by atoms with E-state index in [1.807, 2.05) is 11.3 Å². The van der Waals surface area contributed by atoms with Crippen LogP contribution in [0.4, 0.5) is 0 Å². The van der Waals surface area contributed by atoms with Crippen molar-refractivity contribution < 1.29 is 0 Å². The first kappa shape index (κ1) is 22.6. The van der Waals surface area contributed by atoms with E-state index < -0.39 is 0 Å². The molecule has 0 atom stereocenters. The van der Waals surface area contributed by atoms with Crippen molar-refractivity contribution in [2.45, 2.75) is 52.4 Å². The van der Waals surface area contributed by atoms with Crippen molar-refractivity contribution in [3.63, 3.8) is 0 Å². The van der Waals surface area contributed by atoms with Crippen LogP contribution in [-0.4, -0.2) is 4.57 Å². The molecular weight excluding hydrogens is 466 g/mol. The summed E-state index contributed by atoms with van der Waals surface area (Å²) in [5.41, 5.74) is 6.46. The Hall–Kier alpha value is -2.81. The lowest BCUT2D eigenvalue weighted by molar-refractivity contribution is 0.590. The summed E-state index contributed by atoms with van der Waals surface area (Å²) in [7, 11) is 0. The van der Waals surface area contributed by atoms with Gasteiger partial charge in [0.05, 0.1) is 21.4 Å². The van der Waals surface area contributed by atoms with Crippen molar-refractivity contribution in [1.82, 2.24) is 4.57 Å². The number of rotatable bonds is 1. The van der Waals surface area contributed by atoms with Crippen LogP contribution in [0.1, 0.15) is 52.7 Å². The summed E-state index contributed by atoms with van der Waals surface area (Å²) in [5.74, 6) is 0. The lowest BCUT2D eigenvalue weighted by Gasteiger charge is -2.19. The molecule has 0 fully saturated rings. The molecule has 1 nitrogen and oxygen atoms in total. The minimum absolute atomic E-state index is 0.0824. The van der Waals surface area contributed by atoms with E-state index >= 15 is 0 Å². The fourth-order valence-corrected chi connectivity index (χ4v) is 6.56. The lowest BCUT2D eigenvalue weighted by Crippen LogP contribution is -2.10. The predicted octanol–water partition coefficient (Wildman–Crippen LogP) is 10.4. The van der Waals surface area contributed by atoms with Gasteiger partial charge in [-0.3, -0.25) is 0 Å². The second kappa shape index (κ2) is 7.59. The van der Waals surface area contributed by atoms with Gasteiger partial charge < -0.3 is 4.57 Å². The third kappa shape index (κ3) is 3.58. The molecule has 0 amide bonds. The number of benzene rings is 4. The zero-order valence-corrected chi connectivity index (χ0v) is 22.7. The molecular formula is C32H30ClNS. The summed E-state index contributed by atoms with van der Waals surface area (Å²) in [4.78, 5) is 0. The van der Waals surface area contributed by atoms with Crippen molar-refractivity contribution in [2.75, 3.05) is 0 Å². The Labute approximate surface area is 215 Å². The highest BCUT2D eigenvalue weighted by Crippen LogP contribution is 2.43. The van der Waals surface area contributed by atoms with E-state index in [9.17, 15) is 0 Å². The zero-order chi connectivity index (χ0) is 24.7. The first-order valence-electron chi connectivity index (χ1n) is 12.2. The average Bonchev–Trinajstić information content (AvgIpc) is 3.32. The molecule has 176 valence electrons. The third-order valence-corrected chi connectivity index (χ3v) is 8.59. The van der Waals surface area contributed by atoms with E-state index in [1.54, 1.807) is 0 Å². The van der Waals surface area contributed by atoms with Crippen LogP contribution in [-0.2, 0) is 10.8 Å². The van der Waals surface area contributed by atoms with Gasteiger partial charge in [-0.05, 0) is 64.4 Å². The minimum Gasteiger partial charge on any atom is -0.308 e. The Morgan fingerprint density at radius 1 is 0.629 bits per heavy atom. The van der Waals surface area contributed by atoms with Gasteiger partial charge in [-0.1, -0.05) is 83.5 Å². The first-order valence-corrected chi connectivity index (χ1v) is 13.4. The smallest absolute Gasteiger partial charge is 0.0655 e. The summed E-state index contributed by atoms with van der Waals surface area (Å²) >= 11 is 8.61. The van der Waals surface area contributed by atoms with Gasteiger partial charge in [0.2, 0.25) is 0 Å². The summed E-state index contributed by atoms with van der Waals surface area (Å²) in [5, 5.41) is 5.85. The van der Waals surface area contributed by atoms with Gasteiger partial charge in [0, 0.05) is 31.3 Å². The molecule has 4 aromatic carbocycles. The topological polar surface area (TPSA) is 4.93 Å². The lowest BCUT2D eigenvalue weighted by atomic mass is 9.85. The van der Waals surface area contributed by atoms with E-state index in [1.165, 1.54) is 53.1 Å². The summed E-state index contributed by atoms with van der Waals surface area (Å²) in [6, 6.07) is 26.8. The molecule has 0 radical (unpaired) electrons. The van der Waals surface area contributed by atoms with Crippen molar-refractivity contribution in [3.8, 4) is 5.69 Å². The molecule has 0 saturated heterocycles. The van der Waals surface area contributed by atoms with Gasteiger partial charge >= 0.3 is 0 Å². The fourth-order valence-electron chi connectivity index (χ4n) is 5.16. The maximum absolute atomic E-state index is 6.76. The Kier molecular flexibility index (Phi) is 4.91. The van der Waals surface area contributed by atoms with Crippen LogP contribution in [0.15, 0.2) is 72.8 Å². The monoisotopic (exact) mass is 495 g/mol. The van der Waals surface area contributed by atoms with Gasteiger partial charge in [-0.25, -0.2) is 0 Å². The number of nitrogens with zero attached hydrogens (tertiary/aromatic N) is 1. The maximum atomic E-state index is 6.76. The Balaban J connectivity index is 1.78. The van der Waals surface area contributed by atoms with Crippen molar-refractivity contribution in [1.29, 1.82) is 0 Å². The molecule has 0 unspecified atom stereocenters. The molecule has 0 spiro atoms. The van der Waals surface area contributed by atoms with Crippen LogP contribution in [0.25, 0.3) is 47.7 Å². The molecule has 0 saturated carbocycles. The first-order chi connectivity index (χ1) is 16.5. The summed E-state index contributed by atoms with van der Waals surface area (Å²) in [6.07, 6.45) is 0. The van der Waals surface area contributed by atoms with E-state index in [0.29, 0.717) is 0 Å². The van der Waals surface area contributed by atoms with E-state index in [0.717, 1.165) is 10.7 Å². The molecule has 3 heteroatoms. The molecule has 35 heavy (non-hydrogen) atoms. The Morgan fingerprint density at radius 3 is 1.77 bits per heavy atom. The van der Waals surface area contributed by atoms with Gasteiger partial charge in [0.1, 0.15) is 0 Å². The highest BCUT2D eigenvalue weighted by Gasteiger charge is 2.22. The van der Waals surface area contributed by atoms with Crippen LogP contribution in [0.2, 0.25) is 5.02 Å². The van der Waals surface area contributed by atoms with E-state index in [4.69, 9.17) is 11.6 Å². The summed E-state index contributed by atoms with van der Waals surface area (Å²) in [6.45, 7) is 13.7. The minimum atomic E-state index is 0.0824. The standard InChI is InChI=1S/C32H30ClNS/c1-31(2,3)19-11-13-26-23(15-19)24-16-20(32(4,5)6)12-14-27(24)34(26)28-18-21(33)17-25-22-9-7-8-10-29(22)35-30(25)28/h7-18H,1-6H3. The quantitative estimate of drug-likeness (QED) is 0.214. The van der Waals surface area contributed by atoms with Crippen molar-refractivity contribution in [3.05, 3.63) is 88.9 Å². The van der Waals surface area contributed by atoms with Crippen molar-refractivity contribution >= 4 is 64.9 Å². The average molecular weight is 496 g/mol. The second-order valence-corrected chi connectivity index (χ2v) is 13.2. The van der Waals surface area contributed by atoms with Crippen LogP contribution in [0.3, 0.4) is 0 Å². The number of hydrogen-bond acceptors (Lipinski definition) is 1. The Morgan fingerprint density at radius 2 is 1.20 bits per heavy atom. The number of hydrogen-bond donors (Lipinski definition) is 0. The van der Waals surface area contributed by atoms with Crippen LogP contribution >= 0.6 is 22.9 Å². The van der Waals surface area contributed by atoms with Crippen LogP contribution < -0.4 is 0 Å². The molecule has 0 bridgehead atoms. The molecule has 6 aromatic rings.